The summed E-state index contributed by atoms with van der Waals surface area (Å²) in [5.41, 5.74) is 24.1. The molecule has 59 heavy (non-hydrogen) atoms. The topological polar surface area (TPSA) is 308 Å². The fraction of sp³-hybridized carbons (Fsp3) is 0.366. The predicted octanol–water partition coefficient (Wildman–Crippen LogP) is -1.84. The van der Waals surface area contributed by atoms with Crippen molar-refractivity contribution in [3.63, 3.8) is 0 Å². The third kappa shape index (κ3) is 17.1. The van der Waals surface area contributed by atoms with Crippen LogP contribution in [-0.2, 0) is 52.8 Å². The van der Waals surface area contributed by atoms with E-state index in [1.807, 2.05) is 6.07 Å². The van der Waals surface area contributed by atoms with Crippen LogP contribution in [0.2, 0.25) is 0 Å². The summed E-state index contributed by atoms with van der Waals surface area (Å²) in [5.74, 6) is -4.95. The Morgan fingerprint density at radius 3 is 1.41 bits per heavy atom. The molecule has 0 spiro atoms. The second kappa shape index (κ2) is 24.7. The van der Waals surface area contributed by atoms with Crippen molar-refractivity contribution in [2.45, 2.75) is 75.7 Å². The highest BCUT2D eigenvalue weighted by molar-refractivity contribution is 5.97. The number of aliphatic imine (C=N–C) groups is 1. The van der Waals surface area contributed by atoms with Gasteiger partial charge in [0.15, 0.2) is 5.96 Å². The summed E-state index contributed by atoms with van der Waals surface area (Å²) in [5, 5.41) is 15.8. The van der Waals surface area contributed by atoms with Gasteiger partial charge in [-0.15, -0.1) is 0 Å². The van der Waals surface area contributed by atoms with Crippen LogP contribution in [0.3, 0.4) is 0 Å². The van der Waals surface area contributed by atoms with Crippen LogP contribution in [0, 0.1) is 0 Å². The number of nitrogens with zero attached hydrogens (tertiary/aromatic N) is 1. The first-order valence-electron chi connectivity index (χ1n) is 19.2. The standard InChI is InChI=1S/C41H55N11O7/c1-2-29(49-39(58)32(22-27-15-8-4-9-16-27)48-35(54)25-47-34(53)24-42)37(56)52-33(23-28-17-10-5-11-18-28)40(59)50-30(19-12-20-46-41(44)45)38(57)51-31(36(43)55)21-26-13-6-3-7-14-26/h3-11,13-18,29-33H,2,12,19-25,42H2,1H3,(H2,43,55)(H,47,53)(H,48,54)(H,49,58)(H,50,59)(H,51,57)(H,52,56)(H4,44,45,46)/t29-,30-,31-,32-,33-/m0/s1. The Labute approximate surface area is 343 Å². The van der Waals surface area contributed by atoms with Gasteiger partial charge in [0.05, 0.1) is 13.1 Å². The summed E-state index contributed by atoms with van der Waals surface area (Å²) in [6, 6.07) is 20.8. The van der Waals surface area contributed by atoms with Gasteiger partial charge in [-0.05, 0) is 36.0 Å². The van der Waals surface area contributed by atoms with Gasteiger partial charge in [0.25, 0.3) is 0 Å². The Bertz CT molecular complexity index is 1880. The number of carbonyl (C=O) groups excluding carboxylic acids is 7. The molecule has 0 saturated carbocycles. The van der Waals surface area contributed by atoms with E-state index >= 15 is 0 Å². The Morgan fingerprint density at radius 1 is 0.542 bits per heavy atom. The van der Waals surface area contributed by atoms with Gasteiger partial charge in [-0.25, -0.2) is 0 Å². The minimum atomic E-state index is -1.24. The maximum absolute atomic E-state index is 14.1. The first kappa shape index (κ1) is 46.6. The van der Waals surface area contributed by atoms with E-state index in [9.17, 15) is 33.6 Å². The van der Waals surface area contributed by atoms with E-state index in [-0.39, 0.29) is 57.6 Å². The van der Waals surface area contributed by atoms with Crippen LogP contribution in [0.5, 0.6) is 0 Å². The Morgan fingerprint density at radius 2 is 0.949 bits per heavy atom. The van der Waals surface area contributed by atoms with Crippen LogP contribution < -0.4 is 54.8 Å². The van der Waals surface area contributed by atoms with Crippen LogP contribution in [0.1, 0.15) is 42.9 Å². The maximum atomic E-state index is 14.1. The van der Waals surface area contributed by atoms with Crippen LogP contribution in [-0.4, -0.2) is 97.2 Å². The zero-order valence-corrected chi connectivity index (χ0v) is 33.0. The van der Waals surface area contributed by atoms with Gasteiger partial charge in [0.1, 0.15) is 30.2 Å². The molecule has 0 aromatic heterocycles. The molecule has 0 aliphatic carbocycles. The SMILES string of the molecule is CC[C@H](NC(=O)[C@H](Cc1ccccc1)NC(=O)CNC(=O)CN)C(=O)N[C@@H](Cc1ccccc1)C(=O)N[C@@H](CCCN=C(N)N)C(=O)N[C@@H](Cc1ccccc1)C(N)=O. The average Bonchev–Trinajstić information content (AvgIpc) is 3.22. The van der Waals surface area contributed by atoms with E-state index in [1.165, 1.54) is 0 Å². The fourth-order valence-corrected chi connectivity index (χ4v) is 5.90. The first-order chi connectivity index (χ1) is 28.3. The highest BCUT2D eigenvalue weighted by Crippen LogP contribution is 2.10. The molecule has 0 aliphatic rings. The molecule has 5 atom stereocenters. The molecule has 316 valence electrons. The molecular weight excluding hydrogens is 759 g/mol. The molecule has 0 radical (unpaired) electrons. The van der Waals surface area contributed by atoms with E-state index in [0.29, 0.717) is 5.56 Å². The van der Waals surface area contributed by atoms with Crippen molar-refractivity contribution in [1.29, 1.82) is 0 Å². The summed E-state index contributed by atoms with van der Waals surface area (Å²) in [6.45, 7) is 1.05. The van der Waals surface area contributed by atoms with Crippen molar-refractivity contribution in [2.24, 2.45) is 27.9 Å². The fourth-order valence-electron chi connectivity index (χ4n) is 5.90. The number of hydrogen-bond acceptors (Lipinski definition) is 9. The quantitative estimate of drug-likeness (QED) is 0.0274. The van der Waals surface area contributed by atoms with Crippen molar-refractivity contribution in [2.75, 3.05) is 19.6 Å². The van der Waals surface area contributed by atoms with E-state index < -0.39 is 78.1 Å². The third-order valence-electron chi connectivity index (χ3n) is 9.04. The Hall–Kier alpha value is -6.82. The Kier molecular flexibility index (Phi) is 19.5. The molecule has 0 fully saturated rings. The van der Waals surface area contributed by atoms with Crippen LogP contribution in [0.25, 0.3) is 0 Å². The van der Waals surface area contributed by atoms with Gasteiger partial charge in [-0.1, -0.05) is 97.9 Å². The predicted molar refractivity (Wildman–Crippen MR) is 222 cm³/mol. The van der Waals surface area contributed by atoms with Gasteiger partial charge >= 0.3 is 0 Å². The lowest BCUT2D eigenvalue weighted by Crippen LogP contribution is -2.59. The zero-order valence-electron chi connectivity index (χ0n) is 33.0. The second-order valence-corrected chi connectivity index (χ2v) is 13.7. The molecule has 18 heteroatoms. The normalized spacial score (nSPS) is 13.2. The minimum absolute atomic E-state index is 0.00423. The van der Waals surface area contributed by atoms with Gasteiger partial charge < -0.3 is 54.8 Å². The largest absolute Gasteiger partial charge is 0.370 e. The molecule has 0 saturated heterocycles. The van der Waals surface area contributed by atoms with Crippen molar-refractivity contribution < 1.29 is 33.6 Å². The van der Waals surface area contributed by atoms with E-state index in [2.05, 4.69) is 36.9 Å². The maximum Gasteiger partial charge on any atom is 0.243 e. The summed E-state index contributed by atoms with van der Waals surface area (Å²) >= 11 is 0. The monoisotopic (exact) mass is 813 g/mol. The molecule has 3 aromatic carbocycles. The number of nitrogens with one attached hydrogen (secondary N) is 6. The average molecular weight is 814 g/mol. The number of nitrogens with two attached hydrogens (primary N) is 4. The van der Waals surface area contributed by atoms with Gasteiger partial charge in [-0.3, -0.25) is 38.6 Å². The number of benzene rings is 3. The summed E-state index contributed by atoms with van der Waals surface area (Å²) in [4.78, 5) is 96.2. The third-order valence-corrected chi connectivity index (χ3v) is 9.04. The molecule has 14 N–H and O–H groups in total. The molecular formula is C41H55N11O7. The molecule has 3 aromatic rings. The van der Waals surface area contributed by atoms with Crippen molar-refractivity contribution in [1.82, 2.24) is 31.9 Å². The number of carbonyl (C=O) groups is 7. The number of rotatable bonds is 24. The van der Waals surface area contributed by atoms with E-state index in [0.717, 1.165) is 11.1 Å². The molecule has 0 aliphatic heterocycles. The molecule has 3 rings (SSSR count). The highest BCUT2D eigenvalue weighted by Gasteiger charge is 2.32. The lowest BCUT2D eigenvalue weighted by Gasteiger charge is -2.27. The molecule has 0 bridgehead atoms. The second-order valence-electron chi connectivity index (χ2n) is 13.7. The number of primary amides is 1. The van der Waals surface area contributed by atoms with E-state index in [1.54, 1.807) is 91.9 Å². The van der Waals surface area contributed by atoms with Crippen molar-refractivity contribution >= 4 is 47.3 Å². The minimum Gasteiger partial charge on any atom is -0.370 e. The zero-order chi connectivity index (χ0) is 43.2. The molecule has 7 amide bonds. The highest BCUT2D eigenvalue weighted by atomic mass is 16.2. The summed E-state index contributed by atoms with van der Waals surface area (Å²) in [7, 11) is 0. The smallest absolute Gasteiger partial charge is 0.243 e. The first-order valence-corrected chi connectivity index (χ1v) is 19.2. The van der Waals surface area contributed by atoms with Gasteiger partial charge in [0.2, 0.25) is 41.4 Å². The molecule has 0 heterocycles. The summed E-state index contributed by atoms with van der Waals surface area (Å²) in [6.07, 6.45) is 0.583. The number of guanidine groups is 1. The van der Waals surface area contributed by atoms with Crippen LogP contribution >= 0.6 is 0 Å². The lowest BCUT2D eigenvalue weighted by atomic mass is 10.0. The van der Waals surface area contributed by atoms with Gasteiger partial charge in [-0.2, -0.15) is 0 Å². The number of hydrogen-bond donors (Lipinski definition) is 10. The van der Waals surface area contributed by atoms with Crippen molar-refractivity contribution in [3.05, 3.63) is 108 Å². The number of amides is 7. The van der Waals surface area contributed by atoms with Crippen LogP contribution in [0.4, 0.5) is 0 Å². The Balaban J connectivity index is 1.83. The lowest BCUT2D eigenvalue weighted by molar-refractivity contribution is -0.135. The molecule has 0 unspecified atom stereocenters. The molecule has 18 nitrogen and oxygen atoms in total. The van der Waals surface area contributed by atoms with Crippen LogP contribution in [0.15, 0.2) is 96.0 Å². The van der Waals surface area contributed by atoms with Crippen molar-refractivity contribution in [3.8, 4) is 0 Å². The van der Waals surface area contributed by atoms with Gasteiger partial charge in [0, 0.05) is 25.8 Å². The summed E-state index contributed by atoms with van der Waals surface area (Å²) < 4.78 is 0. The van der Waals surface area contributed by atoms with E-state index in [4.69, 9.17) is 22.9 Å².